The number of ether oxygens (including phenoxy) is 1. The highest BCUT2D eigenvalue weighted by molar-refractivity contribution is 5.79. The zero-order valence-corrected chi connectivity index (χ0v) is 17.5. The third-order valence-corrected chi connectivity index (χ3v) is 5.08. The number of nitrogens with one attached hydrogen (secondary N) is 2. The van der Waals surface area contributed by atoms with E-state index >= 15 is 0 Å². The second-order valence-corrected chi connectivity index (χ2v) is 7.30. The number of hydrogen-bond donors (Lipinski definition) is 3. The Morgan fingerprint density at radius 3 is 2.52 bits per heavy atom. The average molecular weight is 385 g/mol. The monoisotopic (exact) mass is 384 g/mol. The standard InChI is InChI=1S/C19H40N6O2/c1-21-19(23-10-15-24(2)11-6-16-27-3)22-9-4-5-12-25-13-7-17(8-14-25)18(20)26/h17H,4-16H2,1-3H3,(H2,20,26)(H2,21,22,23). The van der Waals surface area contributed by atoms with Crippen LogP contribution in [0.4, 0.5) is 0 Å². The summed E-state index contributed by atoms with van der Waals surface area (Å²) in [5, 5.41) is 6.73. The number of primary amides is 1. The largest absolute Gasteiger partial charge is 0.385 e. The van der Waals surface area contributed by atoms with Crippen LogP contribution >= 0.6 is 0 Å². The summed E-state index contributed by atoms with van der Waals surface area (Å²) in [6.07, 6.45) is 5.12. The molecule has 0 radical (unpaired) electrons. The fourth-order valence-electron chi connectivity index (χ4n) is 3.28. The van der Waals surface area contributed by atoms with E-state index < -0.39 is 0 Å². The number of carbonyl (C=O) groups is 1. The van der Waals surface area contributed by atoms with Crippen LogP contribution in [0.15, 0.2) is 4.99 Å². The molecule has 4 N–H and O–H groups in total. The molecular weight excluding hydrogens is 344 g/mol. The Morgan fingerprint density at radius 2 is 1.89 bits per heavy atom. The van der Waals surface area contributed by atoms with Gasteiger partial charge in [-0.05, 0) is 58.8 Å². The highest BCUT2D eigenvalue weighted by Crippen LogP contribution is 2.16. The van der Waals surface area contributed by atoms with Crippen molar-refractivity contribution in [1.29, 1.82) is 0 Å². The van der Waals surface area contributed by atoms with Crippen LogP contribution in [-0.4, -0.2) is 95.3 Å². The zero-order chi connectivity index (χ0) is 19.9. The minimum atomic E-state index is -0.140. The van der Waals surface area contributed by atoms with Gasteiger partial charge in [-0.2, -0.15) is 0 Å². The summed E-state index contributed by atoms with van der Waals surface area (Å²) in [7, 11) is 5.67. The lowest BCUT2D eigenvalue weighted by Crippen LogP contribution is -2.41. The van der Waals surface area contributed by atoms with Gasteiger partial charge in [0.2, 0.25) is 5.91 Å². The molecule has 8 nitrogen and oxygen atoms in total. The van der Waals surface area contributed by atoms with E-state index in [1.165, 1.54) is 0 Å². The number of aliphatic imine (C=N–C) groups is 1. The Balaban J connectivity index is 2.02. The first-order valence-corrected chi connectivity index (χ1v) is 10.2. The topological polar surface area (TPSA) is 95.2 Å². The summed E-state index contributed by atoms with van der Waals surface area (Å²) in [6.45, 7) is 7.68. The molecule has 1 fully saturated rings. The number of methoxy groups -OCH3 is 1. The lowest BCUT2D eigenvalue weighted by Gasteiger charge is -2.30. The Labute approximate surface area is 164 Å². The number of amides is 1. The highest BCUT2D eigenvalue weighted by Gasteiger charge is 2.22. The molecule has 0 atom stereocenters. The van der Waals surface area contributed by atoms with E-state index in [1.807, 2.05) is 0 Å². The summed E-state index contributed by atoms with van der Waals surface area (Å²) in [5.41, 5.74) is 5.38. The predicted molar refractivity (Wildman–Crippen MR) is 111 cm³/mol. The van der Waals surface area contributed by atoms with Crippen molar-refractivity contribution in [3.05, 3.63) is 0 Å². The molecule has 158 valence electrons. The molecule has 0 aromatic heterocycles. The van der Waals surface area contributed by atoms with Gasteiger partial charge >= 0.3 is 0 Å². The average Bonchev–Trinajstić information content (AvgIpc) is 2.67. The second kappa shape index (κ2) is 14.6. The maximum absolute atomic E-state index is 11.2. The number of guanidine groups is 1. The quantitative estimate of drug-likeness (QED) is 0.237. The van der Waals surface area contributed by atoms with Crippen molar-refractivity contribution in [2.45, 2.75) is 32.1 Å². The van der Waals surface area contributed by atoms with Gasteiger partial charge in [-0.15, -0.1) is 0 Å². The van der Waals surface area contributed by atoms with Crippen molar-refractivity contribution in [3.63, 3.8) is 0 Å². The Morgan fingerprint density at radius 1 is 1.19 bits per heavy atom. The fourth-order valence-corrected chi connectivity index (χ4v) is 3.28. The molecule has 0 saturated carbocycles. The molecular formula is C19H40N6O2. The van der Waals surface area contributed by atoms with E-state index in [0.29, 0.717) is 0 Å². The summed E-state index contributed by atoms with van der Waals surface area (Å²) < 4.78 is 5.08. The number of likely N-dealkylation sites (tertiary alicyclic amines) is 1. The molecule has 0 aromatic carbocycles. The van der Waals surface area contributed by atoms with Crippen molar-refractivity contribution >= 4 is 11.9 Å². The normalized spacial score (nSPS) is 16.7. The SMILES string of the molecule is CN=C(NCCCCN1CCC(C(N)=O)CC1)NCCN(C)CCCOC. The van der Waals surface area contributed by atoms with Crippen LogP contribution in [0.5, 0.6) is 0 Å². The number of likely N-dealkylation sites (N-methyl/N-ethyl adjacent to an activating group) is 1. The first-order chi connectivity index (χ1) is 13.1. The summed E-state index contributed by atoms with van der Waals surface area (Å²) >= 11 is 0. The van der Waals surface area contributed by atoms with E-state index in [-0.39, 0.29) is 11.8 Å². The molecule has 1 saturated heterocycles. The van der Waals surface area contributed by atoms with E-state index in [0.717, 1.165) is 90.5 Å². The minimum Gasteiger partial charge on any atom is -0.385 e. The van der Waals surface area contributed by atoms with Gasteiger partial charge in [-0.3, -0.25) is 9.79 Å². The van der Waals surface area contributed by atoms with Gasteiger partial charge in [-0.1, -0.05) is 0 Å². The van der Waals surface area contributed by atoms with E-state index in [2.05, 4.69) is 32.5 Å². The molecule has 8 heteroatoms. The van der Waals surface area contributed by atoms with Crippen molar-refractivity contribution in [1.82, 2.24) is 20.4 Å². The molecule has 1 aliphatic heterocycles. The molecule has 0 unspecified atom stereocenters. The second-order valence-electron chi connectivity index (χ2n) is 7.30. The molecule has 0 aliphatic carbocycles. The van der Waals surface area contributed by atoms with Gasteiger partial charge in [0, 0.05) is 52.9 Å². The third-order valence-electron chi connectivity index (χ3n) is 5.08. The summed E-state index contributed by atoms with van der Waals surface area (Å²) in [5.74, 6) is 0.804. The molecule has 1 aliphatic rings. The highest BCUT2D eigenvalue weighted by atomic mass is 16.5. The van der Waals surface area contributed by atoms with Crippen LogP contribution in [0.3, 0.4) is 0 Å². The predicted octanol–water partition coefficient (Wildman–Crippen LogP) is 0.0972. The van der Waals surface area contributed by atoms with Crippen molar-refractivity contribution < 1.29 is 9.53 Å². The maximum Gasteiger partial charge on any atom is 0.220 e. The zero-order valence-electron chi connectivity index (χ0n) is 17.5. The Hall–Kier alpha value is -1.38. The molecule has 1 heterocycles. The number of unbranched alkanes of at least 4 members (excludes halogenated alkanes) is 1. The van der Waals surface area contributed by atoms with Gasteiger partial charge in [0.05, 0.1) is 0 Å². The van der Waals surface area contributed by atoms with Crippen LogP contribution in [0.1, 0.15) is 32.1 Å². The smallest absolute Gasteiger partial charge is 0.220 e. The number of piperidine rings is 1. The summed E-state index contributed by atoms with van der Waals surface area (Å²) in [4.78, 5) is 20.2. The molecule has 0 aromatic rings. The maximum atomic E-state index is 11.2. The van der Waals surface area contributed by atoms with Crippen molar-refractivity contribution in [2.75, 3.05) is 73.6 Å². The van der Waals surface area contributed by atoms with Crippen molar-refractivity contribution in [2.24, 2.45) is 16.6 Å². The molecule has 1 amide bonds. The lowest BCUT2D eigenvalue weighted by molar-refractivity contribution is -0.123. The first-order valence-electron chi connectivity index (χ1n) is 10.2. The fraction of sp³-hybridized carbons (Fsp3) is 0.895. The van der Waals surface area contributed by atoms with Crippen LogP contribution in [-0.2, 0) is 9.53 Å². The third kappa shape index (κ3) is 11.1. The van der Waals surface area contributed by atoms with Gasteiger partial charge in [-0.25, -0.2) is 0 Å². The molecule has 1 rings (SSSR count). The van der Waals surface area contributed by atoms with Gasteiger partial charge in [0.25, 0.3) is 0 Å². The van der Waals surface area contributed by atoms with Crippen molar-refractivity contribution in [3.8, 4) is 0 Å². The van der Waals surface area contributed by atoms with E-state index in [9.17, 15) is 4.79 Å². The number of nitrogens with zero attached hydrogens (tertiary/aromatic N) is 3. The molecule has 0 spiro atoms. The van der Waals surface area contributed by atoms with Gasteiger partial charge in [0.1, 0.15) is 0 Å². The minimum absolute atomic E-state index is 0.0799. The number of nitrogens with two attached hydrogens (primary N) is 1. The van der Waals surface area contributed by atoms with E-state index in [1.54, 1.807) is 14.2 Å². The van der Waals surface area contributed by atoms with Gasteiger partial charge in [0.15, 0.2) is 5.96 Å². The van der Waals surface area contributed by atoms with Crippen LogP contribution in [0.2, 0.25) is 0 Å². The van der Waals surface area contributed by atoms with Crippen LogP contribution < -0.4 is 16.4 Å². The van der Waals surface area contributed by atoms with E-state index in [4.69, 9.17) is 10.5 Å². The lowest BCUT2D eigenvalue weighted by atomic mass is 9.96. The Bertz CT molecular complexity index is 424. The Kier molecular flexibility index (Phi) is 12.8. The number of rotatable bonds is 13. The first kappa shape index (κ1) is 23.7. The molecule has 27 heavy (non-hydrogen) atoms. The summed E-state index contributed by atoms with van der Waals surface area (Å²) in [6, 6.07) is 0. The van der Waals surface area contributed by atoms with Crippen LogP contribution in [0, 0.1) is 5.92 Å². The van der Waals surface area contributed by atoms with Gasteiger partial charge < -0.3 is 30.9 Å². The molecule has 0 bridgehead atoms. The van der Waals surface area contributed by atoms with Crippen LogP contribution in [0.25, 0.3) is 0 Å². The number of hydrogen-bond acceptors (Lipinski definition) is 5. The number of carbonyl (C=O) groups excluding carboxylic acids is 1.